The number of nitrogens with one attached hydrogen (secondary N) is 1. The van der Waals surface area contributed by atoms with E-state index >= 15 is 0 Å². The van der Waals surface area contributed by atoms with Gasteiger partial charge in [0.05, 0.1) is 6.54 Å². The van der Waals surface area contributed by atoms with Crippen molar-refractivity contribution < 1.29 is 14.1 Å². The largest absolute Gasteiger partial charge is 0.345 e. The number of carbonyl (C=O) groups is 2. The summed E-state index contributed by atoms with van der Waals surface area (Å²) in [4.78, 5) is 29.5. The van der Waals surface area contributed by atoms with Crippen molar-refractivity contribution in [1.29, 1.82) is 0 Å². The number of rotatable bonds is 4. The second kappa shape index (κ2) is 6.20. The highest BCUT2D eigenvalue weighted by molar-refractivity contribution is 5.94. The van der Waals surface area contributed by atoms with Gasteiger partial charge in [0.1, 0.15) is 6.04 Å². The van der Waals surface area contributed by atoms with Crippen LogP contribution in [-0.2, 0) is 11.3 Å². The Morgan fingerprint density at radius 3 is 3.00 bits per heavy atom. The quantitative estimate of drug-likeness (QED) is 0.926. The first-order valence-corrected chi connectivity index (χ1v) is 7.47. The zero-order valence-electron chi connectivity index (χ0n) is 13.1. The number of hydrogen-bond donors (Lipinski definition) is 1. The van der Waals surface area contributed by atoms with Gasteiger partial charge in [-0.2, -0.15) is 4.98 Å². The molecule has 1 atom stereocenters. The molecule has 7 nitrogen and oxygen atoms in total. The molecule has 1 aliphatic heterocycles. The van der Waals surface area contributed by atoms with Gasteiger partial charge in [0.15, 0.2) is 5.82 Å². The van der Waals surface area contributed by atoms with Crippen LogP contribution in [0.15, 0.2) is 28.8 Å². The maximum Gasteiger partial charge on any atom is 0.251 e. The smallest absolute Gasteiger partial charge is 0.251 e. The van der Waals surface area contributed by atoms with E-state index in [9.17, 15) is 9.59 Å². The Morgan fingerprint density at radius 1 is 1.48 bits per heavy atom. The van der Waals surface area contributed by atoms with Gasteiger partial charge in [-0.1, -0.05) is 22.9 Å². The Bertz CT molecular complexity index is 740. The fourth-order valence-electron chi connectivity index (χ4n) is 2.62. The molecular formula is C16H18N4O3. The monoisotopic (exact) mass is 314 g/mol. The van der Waals surface area contributed by atoms with Crippen LogP contribution in [0.2, 0.25) is 0 Å². The first-order valence-electron chi connectivity index (χ1n) is 7.47. The van der Waals surface area contributed by atoms with Crippen molar-refractivity contribution in [2.45, 2.75) is 32.4 Å². The Kier molecular flexibility index (Phi) is 4.10. The molecule has 1 fully saturated rings. The minimum atomic E-state index is -0.187. The van der Waals surface area contributed by atoms with Crippen molar-refractivity contribution >= 4 is 11.8 Å². The van der Waals surface area contributed by atoms with Crippen LogP contribution in [-0.4, -0.2) is 33.9 Å². The Balaban J connectivity index is 1.61. The summed E-state index contributed by atoms with van der Waals surface area (Å²) in [5, 5.41) is 6.63. The number of benzene rings is 1. The molecule has 0 aliphatic carbocycles. The molecule has 2 aromatic rings. The van der Waals surface area contributed by atoms with Crippen LogP contribution in [0.25, 0.3) is 0 Å². The van der Waals surface area contributed by atoms with Gasteiger partial charge in [-0.15, -0.1) is 0 Å². The van der Waals surface area contributed by atoms with E-state index < -0.39 is 0 Å². The van der Waals surface area contributed by atoms with E-state index in [1.807, 2.05) is 25.1 Å². The Hall–Kier alpha value is -2.70. The molecule has 120 valence electrons. The Morgan fingerprint density at radius 2 is 2.30 bits per heavy atom. The molecular weight excluding hydrogens is 296 g/mol. The summed E-state index contributed by atoms with van der Waals surface area (Å²) in [5.74, 6) is 0.697. The second-order valence-corrected chi connectivity index (χ2v) is 5.66. The summed E-state index contributed by atoms with van der Waals surface area (Å²) in [6, 6.07) is 7.17. The molecule has 0 bridgehead atoms. The van der Waals surface area contributed by atoms with Gasteiger partial charge < -0.3 is 14.7 Å². The highest BCUT2D eigenvalue weighted by atomic mass is 16.5. The van der Waals surface area contributed by atoms with E-state index in [0.29, 0.717) is 30.1 Å². The van der Waals surface area contributed by atoms with Crippen LogP contribution in [0.1, 0.15) is 46.5 Å². The molecule has 0 spiro atoms. The van der Waals surface area contributed by atoms with Crippen molar-refractivity contribution in [3.05, 3.63) is 47.1 Å². The van der Waals surface area contributed by atoms with Crippen LogP contribution < -0.4 is 5.32 Å². The van der Waals surface area contributed by atoms with Crippen LogP contribution in [0.5, 0.6) is 0 Å². The number of aromatic nitrogens is 2. The van der Waals surface area contributed by atoms with Gasteiger partial charge >= 0.3 is 0 Å². The molecule has 0 unspecified atom stereocenters. The minimum absolute atomic E-state index is 0.0718. The van der Waals surface area contributed by atoms with Crippen molar-refractivity contribution in [2.24, 2.45) is 0 Å². The van der Waals surface area contributed by atoms with Crippen molar-refractivity contribution in [3.63, 3.8) is 0 Å². The molecule has 1 aliphatic rings. The summed E-state index contributed by atoms with van der Waals surface area (Å²) in [5.41, 5.74) is 1.61. The average molecular weight is 314 g/mol. The van der Waals surface area contributed by atoms with Crippen molar-refractivity contribution in [3.8, 4) is 0 Å². The first kappa shape index (κ1) is 15.2. The van der Waals surface area contributed by atoms with E-state index in [0.717, 1.165) is 5.56 Å². The van der Waals surface area contributed by atoms with E-state index in [-0.39, 0.29) is 24.4 Å². The lowest BCUT2D eigenvalue weighted by Gasteiger charge is -2.14. The average Bonchev–Trinajstić information content (AvgIpc) is 3.13. The van der Waals surface area contributed by atoms with Crippen molar-refractivity contribution in [2.75, 3.05) is 7.05 Å². The van der Waals surface area contributed by atoms with Crippen LogP contribution >= 0.6 is 0 Å². The normalized spacial score (nSPS) is 17.6. The lowest BCUT2D eigenvalue weighted by Crippen LogP contribution is -2.24. The van der Waals surface area contributed by atoms with Gasteiger partial charge in [-0.05, 0) is 25.5 Å². The molecule has 0 radical (unpaired) electrons. The molecule has 3 rings (SSSR count). The maximum atomic E-state index is 12.1. The van der Waals surface area contributed by atoms with Gasteiger partial charge in [-0.25, -0.2) is 0 Å². The third kappa shape index (κ3) is 3.23. The van der Waals surface area contributed by atoms with E-state index in [2.05, 4.69) is 15.5 Å². The summed E-state index contributed by atoms with van der Waals surface area (Å²) in [6.07, 6.45) is 1.16. The van der Waals surface area contributed by atoms with Gasteiger partial charge in [0.25, 0.3) is 5.91 Å². The molecule has 1 aromatic heterocycles. The fraction of sp³-hybridized carbons (Fsp3) is 0.375. The molecule has 23 heavy (non-hydrogen) atoms. The third-order valence-electron chi connectivity index (χ3n) is 3.95. The predicted octanol–water partition coefficient (Wildman–Crippen LogP) is 1.60. The zero-order chi connectivity index (χ0) is 16.4. The number of likely N-dealkylation sites (tertiary alicyclic amines) is 1. The van der Waals surface area contributed by atoms with Crippen LogP contribution in [0.3, 0.4) is 0 Å². The van der Waals surface area contributed by atoms with Crippen LogP contribution in [0.4, 0.5) is 0 Å². The summed E-state index contributed by atoms with van der Waals surface area (Å²) >= 11 is 0. The Labute approximate surface area is 133 Å². The number of nitrogens with zero attached hydrogens (tertiary/aromatic N) is 3. The predicted molar refractivity (Wildman–Crippen MR) is 81.4 cm³/mol. The SMILES string of the molecule is Cc1cccc(C(=O)NCc2noc([C@@H]3CCC(=O)N3C)n2)c1. The third-order valence-corrected chi connectivity index (χ3v) is 3.95. The number of amides is 2. The molecule has 2 amide bonds. The lowest BCUT2D eigenvalue weighted by atomic mass is 10.1. The number of hydrogen-bond acceptors (Lipinski definition) is 5. The molecule has 1 aromatic carbocycles. The zero-order valence-corrected chi connectivity index (χ0v) is 13.1. The molecule has 0 saturated carbocycles. The molecule has 1 saturated heterocycles. The lowest BCUT2D eigenvalue weighted by molar-refractivity contribution is -0.127. The summed E-state index contributed by atoms with van der Waals surface area (Å²) in [6.45, 7) is 2.11. The standard InChI is InChI=1S/C16H18N4O3/c1-10-4-3-5-11(8-10)15(22)17-9-13-18-16(23-19-13)12-6-7-14(21)20(12)2/h3-5,8,12H,6-7,9H2,1-2H3,(H,17,22)/t12-/m0/s1. The maximum absolute atomic E-state index is 12.1. The number of aryl methyl sites for hydroxylation is 1. The molecule has 1 N–H and O–H groups in total. The second-order valence-electron chi connectivity index (χ2n) is 5.66. The highest BCUT2D eigenvalue weighted by Crippen LogP contribution is 2.29. The fourth-order valence-corrected chi connectivity index (χ4v) is 2.62. The van der Waals surface area contributed by atoms with E-state index in [1.54, 1.807) is 18.0 Å². The topological polar surface area (TPSA) is 88.3 Å². The minimum Gasteiger partial charge on any atom is -0.345 e. The number of carbonyl (C=O) groups excluding carboxylic acids is 2. The van der Waals surface area contributed by atoms with Gasteiger partial charge in [0, 0.05) is 19.0 Å². The highest BCUT2D eigenvalue weighted by Gasteiger charge is 2.33. The molecule has 7 heteroatoms. The summed E-state index contributed by atoms with van der Waals surface area (Å²) in [7, 11) is 1.73. The summed E-state index contributed by atoms with van der Waals surface area (Å²) < 4.78 is 5.22. The molecule has 2 heterocycles. The van der Waals surface area contributed by atoms with E-state index in [4.69, 9.17) is 4.52 Å². The van der Waals surface area contributed by atoms with Gasteiger partial charge in [-0.3, -0.25) is 9.59 Å². The van der Waals surface area contributed by atoms with E-state index in [1.165, 1.54) is 0 Å². The van der Waals surface area contributed by atoms with Crippen LogP contribution in [0, 0.1) is 6.92 Å². The van der Waals surface area contributed by atoms with Crippen molar-refractivity contribution in [1.82, 2.24) is 20.4 Å². The van der Waals surface area contributed by atoms with Gasteiger partial charge in [0.2, 0.25) is 11.8 Å². The first-order chi connectivity index (χ1) is 11.0.